The summed E-state index contributed by atoms with van der Waals surface area (Å²) < 4.78 is 1.85. The van der Waals surface area contributed by atoms with Crippen LogP contribution in [0.2, 0.25) is 0 Å². The Bertz CT molecular complexity index is 465. The maximum Gasteiger partial charge on any atom is 0.273 e. The van der Waals surface area contributed by atoms with Crippen molar-refractivity contribution in [3.63, 3.8) is 0 Å². The molecule has 2 rings (SSSR count). The number of amides is 1. The second kappa shape index (κ2) is 8.27. The highest BCUT2D eigenvalue weighted by Crippen LogP contribution is 2.17. The summed E-state index contributed by atoms with van der Waals surface area (Å²) in [5.41, 5.74) is 0.425. The minimum absolute atomic E-state index is 0.114. The van der Waals surface area contributed by atoms with Gasteiger partial charge in [-0.3, -0.25) is 4.79 Å². The van der Waals surface area contributed by atoms with Gasteiger partial charge in [0, 0.05) is 6.04 Å². The monoisotopic (exact) mass is 307 g/mol. The van der Waals surface area contributed by atoms with Crippen molar-refractivity contribution in [2.75, 3.05) is 13.1 Å². The predicted molar refractivity (Wildman–Crippen MR) is 86.8 cm³/mol. The quantitative estimate of drug-likeness (QED) is 0.809. The molecule has 22 heavy (non-hydrogen) atoms. The summed E-state index contributed by atoms with van der Waals surface area (Å²) in [7, 11) is 0. The summed E-state index contributed by atoms with van der Waals surface area (Å²) in [6.45, 7) is 8.50. The second-order valence-corrected chi connectivity index (χ2v) is 6.76. The highest BCUT2D eigenvalue weighted by atomic mass is 16.2. The van der Waals surface area contributed by atoms with E-state index in [-0.39, 0.29) is 11.9 Å². The summed E-state index contributed by atoms with van der Waals surface area (Å²) in [5, 5.41) is 14.5. The molecule has 0 aliphatic carbocycles. The summed E-state index contributed by atoms with van der Waals surface area (Å²) in [6.07, 6.45) is 7.21. The smallest absolute Gasteiger partial charge is 0.273 e. The zero-order chi connectivity index (χ0) is 15.9. The first-order valence-electron chi connectivity index (χ1n) is 8.49. The van der Waals surface area contributed by atoms with E-state index in [0.29, 0.717) is 17.7 Å². The van der Waals surface area contributed by atoms with Gasteiger partial charge in [0.2, 0.25) is 0 Å². The number of piperidine rings is 1. The van der Waals surface area contributed by atoms with Crippen molar-refractivity contribution >= 4 is 5.91 Å². The summed E-state index contributed by atoms with van der Waals surface area (Å²) >= 11 is 0. The van der Waals surface area contributed by atoms with Crippen LogP contribution in [0.3, 0.4) is 0 Å². The number of hydrogen-bond acceptors (Lipinski definition) is 4. The average molecular weight is 307 g/mol. The minimum atomic E-state index is -0.114. The molecule has 0 saturated carbocycles. The summed E-state index contributed by atoms with van der Waals surface area (Å²) in [5.74, 6) is 0.602. The molecule has 1 unspecified atom stereocenters. The fourth-order valence-corrected chi connectivity index (χ4v) is 2.83. The van der Waals surface area contributed by atoms with Crippen molar-refractivity contribution < 1.29 is 4.79 Å². The number of carbonyl (C=O) groups excluding carboxylic acids is 1. The van der Waals surface area contributed by atoms with Crippen LogP contribution in [-0.4, -0.2) is 40.0 Å². The Morgan fingerprint density at radius 1 is 1.36 bits per heavy atom. The molecule has 1 atom stereocenters. The number of hydrogen-bond donors (Lipinski definition) is 2. The third kappa shape index (κ3) is 5.09. The van der Waals surface area contributed by atoms with Crippen molar-refractivity contribution in [1.29, 1.82) is 0 Å². The Hall–Kier alpha value is -1.43. The molecule has 1 aliphatic heterocycles. The maximum absolute atomic E-state index is 12.2. The molecule has 2 heterocycles. The van der Waals surface area contributed by atoms with Crippen molar-refractivity contribution in [2.45, 2.75) is 65.0 Å². The molecule has 6 heteroatoms. The highest BCUT2D eigenvalue weighted by Gasteiger charge is 2.19. The van der Waals surface area contributed by atoms with Crippen LogP contribution in [0.4, 0.5) is 0 Å². The first-order valence-corrected chi connectivity index (χ1v) is 8.49. The summed E-state index contributed by atoms with van der Waals surface area (Å²) in [4.78, 5) is 12.2. The molecule has 1 fully saturated rings. The average Bonchev–Trinajstić information content (AvgIpc) is 2.97. The van der Waals surface area contributed by atoms with Gasteiger partial charge in [0.15, 0.2) is 5.69 Å². The number of nitrogens with one attached hydrogen (secondary N) is 2. The molecule has 1 aliphatic rings. The van der Waals surface area contributed by atoms with E-state index in [9.17, 15) is 4.79 Å². The van der Waals surface area contributed by atoms with E-state index in [1.807, 2.05) is 4.68 Å². The lowest BCUT2D eigenvalue weighted by Gasteiger charge is -2.22. The second-order valence-electron chi connectivity index (χ2n) is 6.76. The first kappa shape index (κ1) is 16.9. The molecular weight excluding hydrogens is 278 g/mol. The molecule has 0 radical (unpaired) electrons. The molecular formula is C16H29N5O. The van der Waals surface area contributed by atoms with E-state index in [0.717, 1.165) is 38.8 Å². The molecule has 0 bridgehead atoms. The van der Waals surface area contributed by atoms with Crippen LogP contribution in [0.1, 0.15) is 69.4 Å². The van der Waals surface area contributed by atoms with Crippen LogP contribution in [-0.2, 0) is 0 Å². The minimum Gasteiger partial charge on any atom is -0.348 e. The first-order chi connectivity index (χ1) is 10.6. The van der Waals surface area contributed by atoms with Gasteiger partial charge in [0.05, 0.1) is 12.2 Å². The van der Waals surface area contributed by atoms with E-state index in [2.05, 4.69) is 41.7 Å². The zero-order valence-electron chi connectivity index (χ0n) is 14.0. The van der Waals surface area contributed by atoms with Crippen molar-refractivity contribution in [3.05, 3.63) is 11.9 Å². The zero-order valence-corrected chi connectivity index (χ0v) is 14.0. The van der Waals surface area contributed by atoms with Crippen molar-refractivity contribution in [3.8, 4) is 0 Å². The van der Waals surface area contributed by atoms with Gasteiger partial charge in [-0.1, -0.05) is 31.9 Å². The molecule has 1 amide bonds. The van der Waals surface area contributed by atoms with Gasteiger partial charge in [-0.15, -0.1) is 5.10 Å². The van der Waals surface area contributed by atoms with Crippen molar-refractivity contribution in [2.24, 2.45) is 5.92 Å². The van der Waals surface area contributed by atoms with Gasteiger partial charge >= 0.3 is 0 Å². The third-order valence-electron chi connectivity index (χ3n) is 4.22. The SMILES string of the molecule is CC(C)CCCC(C)NC(=O)c1cn(C2CCNCC2)nn1. The number of carbonyl (C=O) groups is 1. The van der Waals surface area contributed by atoms with E-state index in [1.54, 1.807) is 6.20 Å². The summed E-state index contributed by atoms with van der Waals surface area (Å²) in [6, 6.07) is 0.536. The van der Waals surface area contributed by atoms with Crippen molar-refractivity contribution in [1.82, 2.24) is 25.6 Å². The number of nitrogens with zero attached hydrogens (tertiary/aromatic N) is 3. The molecule has 0 aromatic carbocycles. The lowest BCUT2D eigenvalue weighted by atomic mass is 10.0. The standard InChI is InChI=1S/C16H29N5O/c1-12(2)5-4-6-13(3)18-16(22)15-11-21(20-19-15)14-7-9-17-10-8-14/h11-14,17H,4-10H2,1-3H3,(H,18,22). The highest BCUT2D eigenvalue weighted by molar-refractivity contribution is 5.92. The van der Waals surface area contributed by atoms with Gasteiger partial charge in [-0.05, 0) is 45.2 Å². The fraction of sp³-hybridized carbons (Fsp3) is 0.812. The fourth-order valence-electron chi connectivity index (χ4n) is 2.83. The lowest BCUT2D eigenvalue weighted by Crippen LogP contribution is -2.33. The van der Waals surface area contributed by atoms with Crippen LogP contribution >= 0.6 is 0 Å². The molecule has 0 spiro atoms. The molecule has 6 nitrogen and oxygen atoms in total. The molecule has 1 aromatic rings. The molecule has 124 valence electrons. The van der Waals surface area contributed by atoms with Gasteiger partial charge in [-0.2, -0.15) is 0 Å². The van der Waals surface area contributed by atoms with Crippen LogP contribution in [0.5, 0.6) is 0 Å². The lowest BCUT2D eigenvalue weighted by molar-refractivity contribution is 0.0932. The largest absolute Gasteiger partial charge is 0.348 e. The number of rotatable bonds is 7. The van der Waals surface area contributed by atoms with E-state index in [4.69, 9.17) is 0 Å². The van der Waals surface area contributed by atoms with Gasteiger partial charge in [-0.25, -0.2) is 4.68 Å². The van der Waals surface area contributed by atoms with Crippen LogP contribution < -0.4 is 10.6 Å². The Kier molecular flexibility index (Phi) is 6.36. The molecule has 1 saturated heterocycles. The van der Waals surface area contributed by atoms with E-state index >= 15 is 0 Å². The Labute approximate surface area is 133 Å². The predicted octanol–water partition coefficient (Wildman–Crippen LogP) is 2.15. The topological polar surface area (TPSA) is 71.8 Å². The van der Waals surface area contributed by atoms with Crippen LogP contribution in [0.15, 0.2) is 6.20 Å². The molecule has 1 aromatic heterocycles. The number of aromatic nitrogens is 3. The Morgan fingerprint density at radius 2 is 2.09 bits per heavy atom. The van der Waals surface area contributed by atoms with Gasteiger partial charge < -0.3 is 10.6 Å². The Morgan fingerprint density at radius 3 is 2.77 bits per heavy atom. The van der Waals surface area contributed by atoms with E-state index < -0.39 is 0 Å². The van der Waals surface area contributed by atoms with Crippen LogP contribution in [0.25, 0.3) is 0 Å². The molecule has 2 N–H and O–H groups in total. The maximum atomic E-state index is 12.2. The normalized spacial score (nSPS) is 17.6. The van der Waals surface area contributed by atoms with E-state index in [1.165, 1.54) is 6.42 Å². The van der Waals surface area contributed by atoms with Gasteiger partial charge in [0.1, 0.15) is 0 Å². The third-order valence-corrected chi connectivity index (χ3v) is 4.22. The Balaban J connectivity index is 1.80. The van der Waals surface area contributed by atoms with Gasteiger partial charge in [0.25, 0.3) is 5.91 Å². The van der Waals surface area contributed by atoms with Crippen LogP contribution in [0, 0.1) is 5.92 Å².